The van der Waals surface area contributed by atoms with Crippen LogP contribution in [-0.4, -0.2) is 25.8 Å². The van der Waals surface area contributed by atoms with E-state index in [2.05, 4.69) is 6.58 Å². The summed E-state index contributed by atoms with van der Waals surface area (Å²) in [5.74, 6) is 0.412. The van der Waals surface area contributed by atoms with Gasteiger partial charge in [0.1, 0.15) is 0 Å². The fourth-order valence-corrected chi connectivity index (χ4v) is 2.10. The van der Waals surface area contributed by atoms with Crippen molar-refractivity contribution in [2.75, 3.05) is 13.7 Å². The molecule has 1 aliphatic carbocycles. The molecule has 3 heteroatoms. The molecule has 0 atom stereocenters. The predicted octanol–water partition coefficient (Wildman–Crippen LogP) is 2.70. The van der Waals surface area contributed by atoms with Gasteiger partial charge in [-0.1, -0.05) is 6.58 Å². The lowest BCUT2D eigenvalue weighted by Gasteiger charge is -2.27. The highest BCUT2D eigenvalue weighted by Gasteiger charge is 2.20. The Bertz CT molecular complexity index is 240. The molecule has 0 aromatic rings. The molecule has 0 spiro atoms. The zero-order valence-corrected chi connectivity index (χ0v) is 10.3. The Balaban J connectivity index is 2.11. The third-order valence-electron chi connectivity index (χ3n) is 3.23. The second kappa shape index (κ2) is 6.69. The lowest BCUT2D eigenvalue weighted by Crippen LogP contribution is -2.21. The molecule has 16 heavy (non-hydrogen) atoms. The van der Waals surface area contributed by atoms with E-state index in [1.54, 1.807) is 14.0 Å². The number of methoxy groups -OCH3 is 1. The number of esters is 1. The van der Waals surface area contributed by atoms with Gasteiger partial charge in [0, 0.05) is 12.7 Å². The van der Waals surface area contributed by atoms with E-state index in [0.29, 0.717) is 24.2 Å². The van der Waals surface area contributed by atoms with Gasteiger partial charge < -0.3 is 9.47 Å². The van der Waals surface area contributed by atoms with E-state index in [4.69, 9.17) is 9.47 Å². The minimum absolute atomic E-state index is 0.273. The van der Waals surface area contributed by atoms with Gasteiger partial charge in [0.05, 0.1) is 12.7 Å². The number of carbonyl (C=O) groups excluding carboxylic acids is 1. The topological polar surface area (TPSA) is 35.5 Å². The second-order valence-corrected chi connectivity index (χ2v) is 4.58. The lowest BCUT2D eigenvalue weighted by molar-refractivity contribution is -0.139. The van der Waals surface area contributed by atoms with Crippen LogP contribution in [0.3, 0.4) is 0 Å². The Morgan fingerprint density at radius 1 is 1.31 bits per heavy atom. The maximum atomic E-state index is 11.1. The quantitative estimate of drug-likeness (QED) is 0.534. The molecular formula is C13H22O3. The molecule has 92 valence electrons. The predicted molar refractivity (Wildman–Crippen MR) is 63.1 cm³/mol. The van der Waals surface area contributed by atoms with Crippen molar-refractivity contribution in [3.8, 4) is 0 Å². The van der Waals surface area contributed by atoms with Crippen molar-refractivity contribution in [2.24, 2.45) is 5.92 Å². The molecule has 0 heterocycles. The van der Waals surface area contributed by atoms with Crippen LogP contribution in [0.4, 0.5) is 0 Å². The highest BCUT2D eigenvalue weighted by molar-refractivity contribution is 5.86. The molecule has 1 rings (SSSR count). The summed E-state index contributed by atoms with van der Waals surface area (Å²) in [5.41, 5.74) is 0.475. The van der Waals surface area contributed by atoms with Gasteiger partial charge in [0.15, 0.2) is 0 Å². The van der Waals surface area contributed by atoms with Crippen LogP contribution in [0.15, 0.2) is 12.2 Å². The van der Waals surface area contributed by atoms with Crippen LogP contribution in [-0.2, 0) is 14.3 Å². The molecule has 0 bridgehead atoms. The van der Waals surface area contributed by atoms with Gasteiger partial charge in [-0.05, 0) is 44.9 Å². The van der Waals surface area contributed by atoms with E-state index in [-0.39, 0.29) is 5.97 Å². The third kappa shape index (κ3) is 4.35. The van der Waals surface area contributed by atoms with E-state index in [1.807, 2.05) is 0 Å². The fraction of sp³-hybridized carbons (Fsp3) is 0.769. The van der Waals surface area contributed by atoms with Crippen LogP contribution in [0.2, 0.25) is 0 Å². The number of rotatable bonds is 5. The van der Waals surface area contributed by atoms with Gasteiger partial charge in [-0.15, -0.1) is 0 Å². The summed E-state index contributed by atoms with van der Waals surface area (Å²) in [6.45, 7) is 5.74. The molecule has 0 aliphatic heterocycles. The van der Waals surface area contributed by atoms with E-state index in [1.165, 1.54) is 12.8 Å². The molecule has 1 fully saturated rings. The average Bonchev–Trinajstić information content (AvgIpc) is 2.29. The zero-order valence-electron chi connectivity index (χ0n) is 10.3. The van der Waals surface area contributed by atoms with Gasteiger partial charge in [-0.25, -0.2) is 4.79 Å². The van der Waals surface area contributed by atoms with Crippen molar-refractivity contribution in [3.05, 3.63) is 12.2 Å². The average molecular weight is 226 g/mol. The molecular weight excluding hydrogens is 204 g/mol. The number of hydrogen-bond donors (Lipinski definition) is 0. The van der Waals surface area contributed by atoms with Crippen molar-refractivity contribution in [2.45, 2.75) is 45.1 Å². The summed E-state index contributed by atoms with van der Waals surface area (Å²) in [7, 11) is 1.78. The summed E-state index contributed by atoms with van der Waals surface area (Å²) >= 11 is 0. The summed E-state index contributed by atoms with van der Waals surface area (Å²) < 4.78 is 10.4. The summed E-state index contributed by atoms with van der Waals surface area (Å²) in [4.78, 5) is 11.1. The molecule has 1 saturated carbocycles. The van der Waals surface area contributed by atoms with Crippen LogP contribution in [0, 0.1) is 5.92 Å². The first-order valence-electron chi connectivity index (χ1n) is 5.99. The lowest BCUT2D eigenvalue weighted by atomic mass is 9.85. The number of hydrogen-bond acceptors (Lipinski definition) is 3. The minimum Gasteiger partial charge on any atom is -0.462 e. The maximum absolute atomic E-state index is 11.1. The molecule has 0 aromatic carbocycles. The Kier molecular flexibility index (Phi) is 5.53. The van der Waals surface area contributed by atoms with E-state index in [9.17, 15) is 4.79 Å². The second-order valence-electron chi connectivity index (χ2n) is 4.58. The molecule has 0 aromatic heterocycles. The minimum atomic E-state index is -0.273. The first-order valence-corrected chi connectivity index (χ1v) is 5.99. The normalized spacial score (nSPS) is 25.1. The third-order valence-corrected chi connectivity index (χ3v) is 3.23. The molecule has 0 saturated heterocycles. The van der Waals surface area contributed by atoms with Crippen molar-refractivity contribution in [3.63, 3.8) is 0 Å². The van der Waals surface area contributed by atoms with Crippen molar-refractivity contribution < 1.29 is 14.3 Å². The number of carbonyl (C=O) groups is 1. The van der Waals surface area contributed by atoms with Crippen LogP contribution < -0.4 is 0 Å². The van der Waals surface area contributed by atoms with Crippen molar-refractivity contribution >= 4 is 5.97 Å². The SMILES string of the molecule is C=C(C)C(=O)OCCC1CCC(OC)CC1. The molecule has 0 unspecified atom stereocenters. The van der Waals surface area contributed by atoms with Gasteiger partial charge in [0.2, 0.25) is 0 Å². The first-order chi connectivity index (χ1) is 7.63. The summed E-state index contributed by atoms with van der Waals surface area (Å²) in [6.07, 6.45) is 6.04. The van der Waals surface area contributed by atoms with Crippen LogP contribution in [0.25, 0.3) is 0 Å². The molecule has 1 aliphatic rings. The highest BCUT2D eigenvalue weighted by Crippen LogP contribution is 2.28. The Labute approximate surface area is 97.8 Å². The molecule has 0 radical (unpaired) electrons. The van der Waals surface area contributed by atoms with Gasteiger partial charge in [0.25, 0.3) is 0 Å². The van der Waals surface area contributed by atoms with Crippen molar-refractivity contribution in [1.82, 2.24) is 0 Å². The standard InChI is InChI=1S/C13H22O3/c1-10(2)13(14)16-9-8-11-4-6-12(15-3)7-5-11/h11-12H,1,4-9H2,2-3H3. The highest BCUT2D eigenvalue weighted by atomic mass is 16.5. The van der Waals surface area contributed by atoms with Gasteiger partial charge in [-0.2, -0.15) is 0 Å². The van der Waals surface area contributed by atoms with E-state index < -0.39 is 0 Å². The van der Waals surface area contributed by atoms with E-state index in [0.717, 1.165) is 19.3 Å². The maximum Gasteiger partial charge on any atom is 0.333 e. The van der Waals surface area contributed by atoms with E-state index >= 15 is 0 Å². The molecule has 0 amide bonds. The molecule has 0 N–H and O–H groups in total. The Hall–Kier alpha value is -0.830. The molecule has 3 nitrogen and oxygen atoms in total. The Morgan fingerprint density at radius 3 is 2.44 bits per heavy atom. The first kappa shape index (κ1) is 13.2. The summed E-state index contributed by atoms with van der Waals surface area (Å²) in [5, 5.41) is 0. The Morgan fingerprint density at radius 2 is 1.94 bits per heavy atom. The van der Waals surface area contributed by atoms with Crippen LogP contribution in [0.5, 0.6) is 0 Å². The van der Waals surface area contributed by atoms with Crippen molar-refractivity contribution in [1.29, 1.82) is 0 Å². The summed E-state index contributed by atoms with van der Waals surface area (Å²) in [6, 6.07) is 0. The monoisotopic (exact) mass is 226 g/mol. The number of ether oxygens (including phenoxy) is 2. The van der Waals surface area contributed by atoms with Crippen LogP contribution >= 0.6 is 0 Å². The fourth-order valence-electron chi connectivity index (χ4n) is 2.10. The van der Waals surface area contributed by atoms with Crippen LogP contribution in [0.1, 0.15) is 39.0 Å². The van der Waals surface area contributed by atoms with Gasteiger partial charge in [-0.3, -0.25) is 0 Å². The van der Waals surface area contributed by atoms with Gasteiger partial charge >= 0.3 is 5.97 Å². The smallest absolute Gasteiger partial charge is 0.333 e. The zero-order chi connectivity index (χ0) is 12.0. The largest absolute Gasteiger partial charge is 0.462 e.